The number of aryl methyl sites for hydroxylation is 1. The van der Waals surface area contributed by atoms with E-state index in [1.807, 2.05) is 0 Å². The minimum absolute atomic E-state index is 0.508. The molecule has 0 heterocycles. The molecule has 0 radical (unpaired) electrons. The Morgan fingerprint density at radius 2 is 0.944 bits per heavy atom. The van der Waals surface area contributed by atoms with Crippen molar-refractivity contribution in [1.82, 2.24) is 0 Å². The molecule has 0 bridgehead atoms. The topological polar surface area (TPSA) is 12.4 Å². The first-order chi connectivity index (χ1) is 17.7. The standard InChI is InChI=1S/C33H31NP2/c1-28-22-24-29(25-23-28)34-36(32-18-10-4-11-19-32,33-20-12-5-13-21-33)27-26-35(30-14-6-2-7-15-30)31-16-8-3-9-17-31/h2-25H,26-27H2,1H3. The number of rotatable bonds is 8. The van der Waals surface area contributed by atoms with Crippen molar-refractivity contribution < 1.29 is 0 Å². The lowest BCUT2D eigenvalue weighted by atomic mass is 10.2. The van der Waals surface area contributed by atoms with Crippen LogP contribution in [0, 0.1) is 6.92 Å². The third-order valence-corrected chi connectivity index (χ3v) is 13.1. The van der Waals surface area contributed by atoms with Crippen LogP contribution in [0.5, 0.6) is 0 Å². The van der Waals surface area contributed by atoms with Crippen molar-refractivity contribution in [3.05, 3.63) is 151 Å². The number of benzene rings is 5. The lowest BCUT2D eigenvalue weighted by molar-refractivity contribution is 1.42. The second-order valence-corrected chi connectivity index (χ2v) is 14.5. The highest BCUT2D eigenvalue weighted by molar-refractivity contribution is 7.82. The van der Waals surface area contributed by atoms with Crippen LogP contribution in [-0.4, -0.2) is 12.3 Å². The molecule has 0 N–H and O–H groups in total. The molecule has 0 aliphatic heterocycles. The summed E-state index contributed by atoms with van der Waals surface area (Å²) in [5.74, 6) is 0. The highest BCUT2D eigenvalue weighted by atomic mass is 31.2. The molecule has 0 unspecified atom stereocenters. The molecule has 0 aliphatic rings. The van der Waals surface area contributed by atoms with Crippen LogP contribution in [0.3, 0.4) is 0 Å². The first-order valence-electron chi connectivity index (χ1n) is 12.4. The van der Waals surface area contributed by atoms with Gasteiger partial charge in [-0.3, -0.25) is 4.74 Å². The summed E-state index contributed by atoms with van der Waals surface area (Å²) in [6.45, 7) is 2.13. The molecule has 1 nitrogen and oxygen atoms in total. The molecule has 0 saturated heterocycles. The molecule has 0 atom stereocenters. The SMILES string of the molecule is Cc1ccc(N=P(CCP(c2ccccc2)c2ccccc2)(c2ccccc2)c2ccccc2)cc1. The van der Waals surface area contributed by atoms with Gasteiger partial charge in [0.05, 0.1) is 5.69 Å². The van der Waals surface area contributed by atoms with Gasteiger partial charge in [0.1, 0.15) is 0 Å². The van der Waals surface area contributed by atoms with Gasteiger partial charge in [0, 0.05) is 7.05 Å². The maximum Gasteiger partial charge on any atom is 0.0621 e. The number of hydrogen-bond acceptors (Lipinski definition) is 1. The Balaban J connectivity index is 1.67. The highest BCUT2D eigenvalue weighted by Gasteiger charge is 2.27. The van der Waals surface area contributed by atoms with E-state index in [9.17, 15) is 0 Å². The van der Waals surface area contributed by atoms with Crippen LogP contribution in [0.2, 0.25) is 0 Å². The lowest BCUT2D eigenvalue weighted by Gasteiger charge is -2.29. The fraction of sp³-hybridized carbons (Fsp3) is 0.0909. The zero-order valence-electron chi connectivity index (χ0n) is 20.6. The van der Waals surface area contributed by atoms with E-state index < -0.39 is 15.0 Å². The molecular weight excluding hydrogens is 472 g/mol. The van der Waals surface area contributed by atoms with Gasteiger partial charge in [-0.15, -0.1) is 0 Å². The molecular formula is C33H31NP2. The van der Waals surface area contributed by atoms with Crippen LogP contribution in [0.1, 0.15) is 5.56 Å². The molecule has 0 spiro atoms. The highest BCUT2D eigenvalue weighted by Crippen LogP contribution is 2.52. The zero-order chi connectivity index (χ0) is 24.6. The van der Waals surface area contributed by atoms with Crippen molar-refractivity contribution in [2.24, 2.45) is 4.74 Å². The van der Waals surface area contributed by atoms with Crippen molar-refractivity contribution in [2.45, 2.75) is 6.92 Å². The maximum absolute atomic E-state index is 5.65. The predicted molar refractivity (Wildman–Crippen MR) is 161 cm³/mol. The van der Waals surface area contributed by atoms with Crippen molar-refractivity contribution in [1.29, 1.82) is 0 Å². The van der Waals surface area contributed by atoms with Crippen molar-refractivity contribution >= 4 is 41.9 Å². The Bertz CT molecular complexity index is 1330. The van der Waals surface area contributed by atoms with Crippen LogP contribution in [0.4, 0.5) is 5.69 Å². The summed E-state index contributed by atoms with van der Waals surface area (Å²) in [7, 11) is -2.60. The van der Waals surface area contributed by atoms with Crippen molar-refractivity contribution in [3.8, 4) is 0 Å². The molecule has 5 aromatic rings. The quantitative estimate of drug-likeness (QED) is 0.193. The number of hydrogen-bond donors (Lipinski definition) is 0. The molecule has 36 heavy (non-hydrogen) atoms. The van der Waals surface area contributed by atoms with Crippen LogP contribution >= 0.6 is 15.0 Å². The summed E-state index contributed by atoms with van der Waals surface area (Å²) < 4.78 is 5.65. The van der Waals surface area contributed by atoms with Gasteiger partial charge in [-0.2, -0.15) is 0 Å². The van der Waals surface area contributed by atoms with Gasteiger partial charge < -0.3 is 0 Å². The zero-order valence-corrected chi connectivity index (χ0v) is 22.4. The molecule has 5 aromatic carbocycles. The van der Waals surface area contributed by atoms with Crippen LogP contribution in [0.15, 0.2) is 150 Å². The van der Waals surface area contributed by atoms with E-state index in [1.54, 1.807) is 0 Å². The van der Waals surface area contributed by atoms with E-state index in [2.05, 4.69) is 153 Å². The Labute approximate surface area is 216 Å². The minimum Gasteiger partial charge on any atom is -0.258 e. The van der Waals surface area contributed by atoms with Crippen LogP contribution in [-0.2, 0) is 0 Å². The van der Waals surface area contributed by atoms with E-state index in [-0.39, 0.29) is 0 Å². The molecule has 0 saturated carbocycles. The number of nitrogens with zero attached hydrogens (tertiary/aromatic N) is 1. The van der Waals surface area contributed by atoms with Crippen LogP contribution in [0.25, 0.3) is 0 Å². The smallest absolute Gasteiger partial charge is 0.0621 e. The van der Waals surface area contributed by atoms with Gasteiger partial charge in [-0.1, -0.05) is 139 Å². The van der Waals surface area contributed by atoms with Gasteiger partial charge in [-0.05, 0) is 60.5 Å². The van der Waals surface area contributed by atoms with E-state index >= 15 is 0 Å². The van der Waals surface area contributed by atoms with Crippen molar-refractivity contribution in [2.75, 3.05) is 12.3 Å². The Morgan fingerprint density at radius 1 is 0.528 bits per heavy atom. The third kappa shape index (κ3) is 5.60. The minimum atomic E-state index is -2.09. The van der Waals surface area contributed by atoms with E-state index in [4.69, 9.17) is 4.74 Å². The predicted octanol–water partition coefficient (Wildman–Crippen LogP) is 7.61. The first-order valence-corrected chi connectivity index (χ1v) is 15.9. The molecule has 5 rings (SSSR count). The van der Waals surface area contributed by atoms with E-state index in [0.29, 0.717) is 0 Å². The summed E-state index contributed by atoms with van der Waals surface area (Å²) in [6, 6.07) is 52.7. The summed E-state index contributed by atoms with van der Waals surface area (Å²) in [5, 5.41) is 5.53. The van der Waals surface area contributed by atoms with E-state index in [1.165, 1.54) is 26.8 Å². The molecule has 0 fully saturated rings. The van der Waals surface area contributed by atoms with Crippen LogP contribution < -0.4 is 21.2 Å². The molecule has 3 heteroatoms. The van der Waals surface area contributed by atoms with Gasteiger partial charge in [0.15, 0.2) is 0 Å². The first kappa shape index (κ1) is 24.5. The van der Waals surface area contributed by atoms with Gasteiger partial charge >= 0.3 is 0 Å². The fourth-order valence-corrected chi connectivity index (χ4v) is 11.4. The summed E-state index contributed by atoms with van der Waals surface area (Å²) >= 11 is 0. The van der Waals surface area contributed by atoms with Gasteiger partial charge in [-0.25, -0.2) is 0 Å². The summed E-state index contributed by atoms with van der Waals surface area (Å²) in [6.07, 6.45) is 2.10. The lowest BCUT2D eigenvalue weighted by Crippen LogP contribution is -2.23. The molecule has 0 aliphatic carbocycles. The summed E-state index contributed by atoms with van der Waals surface area (Å²) in [5.41, 5.74) is 2.32. The Kier molecular flexibility index (Phi) is 7.92. The average molecular weight is 504 g/mol. The normalized spacial score (nSPS) is 11.4. The molecule has 0 aromatic heterocycles. The van der Waals surface area contributed by atoms with E-state index in [0.717, 1.165) is 18.0 Å². The Hall–Kier alpha value is -3.24. The summed E-state index contributed by atoms with van der Waals surface area (Å²) in [4.78, 5) is 0. The molecule has 178 valence electrons. The fourth-order valence-electron chi connectivity index (χ4n) is 4.60. The van der Waals surface area contributed by atoms with Gasteiger partial charge in [0.25, 0.3) is 0 Å². The largest absolute Gasteiger partial charge is 0.258 e. The average Bonchev–Trinajstić information content (AvgIpc) is 2.96. The van der Waals surface area contributed by atoms with Gasteiger partial charge in [0.2, 0.25) is 0 Å². The second-order valence-electron chi connectivity index (χ2n) is 8.92. The monoisotopic (exact) mass is 503 g/mol. The second kappa shape index (κ2) is 11.7. The maximum atomic E-state index is 5.65. The van der Waals surface area contributed by atoms with Crippen molar-refractivity contribution in [3.63, 3.8) is 0 Å². The Morgan fingerprint density at radius 3 is 1.39 bits per heavy atom. The third-order valence-electron chi connectivity index (χ3n) is 6.47. The molecule has 0 amide bonds.